The molecule has 2 atom stereocenters. The maximum absolute atomic E-state index is 14.2. The number of likely N-dealkylation sites (tertiary alicyclic amines) is 1. The molecule has 5 amide bonds. The Morgan fingerprint density at radius 2 is 1.64 bits per heavy atom. The predicted octanol–water partition coefficient (Wildman–Crippen LogP) is 0.984. The topological polar surface area (TPSA) is 204 Å². The average Bonchev–Trinajstić information content (AvgIpc) is 3.73. The van der Waals surface area contributed by atoms with Crippen molar-refractivity contribution in [1.29, 1.82) is 0 Å². The lowest BCUT2D eigenvalue weighted by Gasteiger charge is -2.35. The van der Waals surface area contributed by atoms with Crippen molar-refractivity contribution in [2.75, 3.05) is 45.9 Å². The number of carboxylic acids is 1. The van der Waals surface area contributed by atoms with Crippen molar-refractivity contribution in [3.05, 3.63) is 41.6 Å². The number of aliphatic carboxylic acids is 1. The molecule has 50 heavy (non-hydrogen) atoms. The van der Waals surface area contributed by atoms with Crippen LogP contribution in [0.15, 0.2) is 24.3 Å². The molecule has 2 aliphatic rings. The molecule has 21 heteroatoms. The maximum Gasteiger partial charge on any atom is 0.407 e. The summed E-state index contributed by atoms with van der Waals surface area (Å²) in [7, 11) is 0. The van der Waals surface area contributed by atoms with Crippen LogP contribution in [0, 0.1) is 11.6 Å². The van der Waals surface area contributed by atoms with Gasteiger partial charge in [-0.3, -0.25) is 24.0 Å². The van der Waals surface area contributed by atoms with E-state index in [1.54, 1.807) is 5.32 Å². The minimum atomic E-state index is -4.67. The largest absolute Gasteiger partial charge is 0.481 e. The third-order valence-corrected chi connectivity index (χ3v) is 7.85. The van der Waals surface area contributed by atoms with Crippen LogP contribution in [0.1, 0.15) is 36.2 Å². The lowest BCUT2D eigenvalue weighted by molar-refractivity contribution is -0.145. The minimum Gasteiger partial charge on any atom is -0.481 e. The van der Waals surface area contributed by atoms with Gasteiger partial charge in [0.2, 0.25) is 17.7 Å². The first-order valence-corrected chi connectivity index (χ1v) is 15.2. The van der Waals surface area contributed by atoms with Crippen LogP contribution in [0.3, 0.4) is 0 Å². The molecule has 1 aromatic heterocycles. The number of carboxylic acid groups (broad SMARTS) is 2. The van der Waals surface area contributed by atoms with E-state index in [1.165, 1.54) is 4.90 Å². The number of carbonyl (C=O) groups excluding carboxylic acids is 4. The highest BCUT2D eigenvalue weighted by Crippen LogP contribution is 2.24. The Labute approximate surface area is 279 Å². The summed E-state index contributed by atoms with van der Waals surface area (Å²) in [6.45, 7) is -2.47. The van der Waals surface area contributed by atoms with Gasteiger partial charge in [-0.05, 0) is 31.4 Å². The Morgan fingerprint density at radius 3 is 2.26 bits per heavy atom. The van der Waals surface area contributed by atoms with Gasteiger partial charge in [-0.2, -0.15) is 18.3 Å². The van der Waals surface area contributed by atoms with Crippen LogP contribution >= 0.6 is 0 Å². The molecule has 272 valence electrons. The first-order chi connectivity index (χ1) is 23.5. The predicted molar refractivity (Wildman–Crippen MR) is 157 cm³/mol. The smallest absolute Gasteiger partial charge is 0.407 e. The van der Waals surface area contributed by atoms with Crippen molar-refractivity contribution in [2.45, 2.75) is 43.9 Å². The van der Waals surface area contributed by atoms with Gasteiger partial charge in [-0.25, -0.2) is 18.3 Å². The number of hydrogen-bond donors (Lipinski definition) is 4. The molecule has 0 spiro atoms. The first-order valence-electron chi connectivity index (χ1n) is 15.2. The van der Waals surface area contributed by atoms with E-state index in [9.17, 15) is 55.8 Å². The van der Waals surface area contributed by atoms with Crippen LogP contribution < -0.4 is 15.4 Å². The number of hydrogen-bond acceptors (Lipinski definition) is 8. The number of alkyl halides is 3. The summed E-state index contributed by atoms with van der Waals surface area (Å²) in [4.78, 5) is 77.9. The number of ether oxygens (including phenoxy) is 1. The molecule has 2 aromatic rings. The monoisotopic (exact) mass is 717 g/mol. The van der Waals surface area contributed by atoms with E-state index in [4.69, 9.17) is 9.84 Å². The number of carbonyl (C=O) groups is 6. The zero-order valence-electron chi connectivity index (χ0n) is 26.1. The molecule has 2 saturated heterocycles. The highest BCUT2D eigenvalue weighted by molar-refractivity contribution is 5.96. The number of benzene rings is 1. The molecule has 3 heterocycles. The first kappa shape index (κ1) is 37.3. The third kappa shape index (κ3) is 9.56. The molecule has 4 rings (SSSR count). The zero-order chi connectivity index (χ0) is 36.7. The number of rotatable bonds is 12. The molecule has 1 aromatic carbocycles. The molecule has 0 unspecified atom stereocenters. The molecule has 4 N–H and O–H groups in total. The molecule has 0 radical (unpaired) electrons. The number of aromatic nitrogens is 2. The lowest BCUT2D eigenvalue weighted by atomic mass is 10.1. The Hall–Kier alpha value is -5.50. The molecule has 0 aliphatic carbocycles. The van der Waals surface area contributed by atoms with E-state index in [1.807, 2.05) is 0 Å². The summed E-state index contributed by atoms with van der Waals surface area (Å²) in [5.74, 6) is -7.72. The summed E-state index contributed by atoms with van der Waals surface area (Å²) in [6, 6.07) is 0.907. The van der Waals surface area contributed by atoms with Crippen molar-refractivity contribution in [3.8, 4) is 11.6 Å². The van der Waals surface area contributed by atoms with Gasteiger partial charge in [-0.1, -0.05) is 0 Å². The summed E-state index contributed by atoms with van der Waals surface area (Å²) < 4.78 is 72.0. The van der Waals surface area contributed by atoms with Crippen LogP contribution in [0.25, 0.3) is 5.69 Å². The number of halogens is 5. The second-order valence-corrected chi connectivity index (χ2v) is 11.3. The van der Waals surface area contributed by atoms with Gasteiger partial charge in [-0.15, -0.1) is 0 Å². The van der Waals surface area contributed by atoms with E-state index in [-0.39, 0.29) is 57.1 Å². The van der Waals surface area contributed by atoms with E-state index in [2.05, 4.69) is 10.4 Å². The molecule has 0 saturated carbocycles. The quantitative estimate of drug-likeness (QED) is 0.229. The van der Waals surface area contributed by atoms with Crippen molar-refractivity contribution in [3.63, 3.8) is 0 Å². The average molecular weight is 718 g/mol. The highest BCUT2D eigenvalue weighted by Gasteiger charge is 2.37. The maximum atomic E-state index is 14.2. The van der Waals surface area contributed by atoms with Crippen molar-refractivity contribution >= 4 is 35.7 Å². The van der Waals surface area contributed by atoms with Gasteiger partial charge < -0.3 is 40.3 Å². The van der Waals surface area contributed by atoms with Crippen molar-refractivity contribution in [2.24, 2.45) is 0 Å². The van der Waals surface area contributed by atoms with Gasteiger partial charge >= 0.3 is 18.2 Å². The van der Waals surface area contributed by atoms with Crippen LogP contribution in [-0.2, 0) is 19.2 Å². The summed E-state index contributed by atoms with van der Waals surface area (Å²) in [5.41, 5.74) is -0.641. The van der Waals surface area contributed by atoms with Crippen LogP contribution in [0.4, 0.5) is 26.7 Å². The zero-order valence-corrected chi connectivity index (χ0v) is 26.1. The van der Waals surface area contributed by atoms with Gasteiger partial charge in [0.15, 0.2) is 23.9 Å². The van der Waals surface area contributed by atoms with Crippen LogP contribution in [0.2, 0.25) is 0 Å². The van der Waals surface area contributed by atoms with E-state index < -0.39 is 90.9 Å². The van der Waals surface area contributed by atoms with Gasteiger partial charge in [0, 0.05) is 51.3 Å². The van der Waals surface area contributed by atoms with E-state index >= 15 is 0 Å². The van der Waals surface area contributed by atoms with E-state index in [0.717, 1.165) is 32.7 Å². The molecule has 0 bridgehead atoms. The third-order valence-electron chi connectivity index (χ3n) is 7.85. The second-order valence-electron chi connectivity index (χ2n) is 11.3. The number of piperazine rings is 1. The minimum absolute atomic E-state index is 0.0187. The van der Waals surface area contributed by atoms with Crippen molar-refractivity contribution in [1.82, 2.24) is 35.1 Å². The number of nitrogens with zero attached hydrogens (tertiary/aromatic N) is 5. The SMILES string of the molecule is O=C(O)CC[C@H](NC(=O)c1cc(OCC(=O)N2CCC[C@H]2C(=O)NCC(F)(F)F)n(-c2ccc(F)c(F)c2)n1)C(=O)N1CCN(C(=O)O)CC1. The summed E-state index contributed by atoms with van der Waals surface area (Å²) in [5, 5.41) is 26.5. The van der Waals surface area contributed by atoms with Gasteiger partial charge in [0.1, 0.15) is 18.6 Å². The molecular weight excluding hydrogens is 685 g/mol. The molecule has 2 aliphatic heterocycles. The van der Waals surface area contributed by atoms with Gasteiger partial charge in [0.25, 0.3) is 11.8 Å². The summed E-state index contributed by atoms with van der Waals surface area (Å²) in [6.07, 6.45) is -6.34. The molecular formula is C29H32F5N7O9. The second kappa shape index (κ2) is 15.8. The Bertz CT molecular complexity index is 1630. The fraction of sp³-hybridized carbons (Fsp3) is 0.483. The van der Waals surface area contributed by atoms with Crippen molar-refractivity contribution < 1.29 is 65.7 Å². The number of nitrogens with one attached hydrogen (secondary N) is 2. The highest BCUT2D eigenvalue weighted by atomic mass is 19.4. The Kier molecular flexibility index (Phi) is 11.8. The Balaban J connectivity index is 1.53. The van der Waals surface area contributed by atoms with E-state index in [0.29, 0.717) is 12.5 Å². The lowest BCUT2D eigenvalue weighted by Crippen LogP contribution is -2.55. The van der Waals surface area contributed by atoms with Gasteiger partial charge in [0.05, 0.1) is 5.69 Å². The van der Waals surface area contributed by atoms with Crippen LogP contribution in [0.5, 0.6) is 5.88 Å². The van der Waals surface area contributed by atoms with Crippen LogP contribution in [-0.4, -0.2) is 135 Å². The standard InChI is InChI=1S/C29H32F5N7O9/c30-17-4-3-16(12-18(17)31)41-23(50-14-22(42)40-7-1-2-21(40)26(46)35-15-29(32,33)34)13-20(37-41)25(45)36-19(5-6-24(43)44)27(47)38-8-10-39(11-9-38)28(48)49/h3-4,12-13,19,21H,1-2,5-11,14-15H2,(H,35,46)(H,36,45)(H,43,44)(H,48,49)/t19-,21-/m0/s1. The fourth-order valence-corrected chi connectivity index (χ4v) is 5.34. The normalized spacial score (nSPS) is 16.9. The summed E-state index contributed by atoms with van der Waals surface area (Å²) >= 11 is 0. The Morgan fingerprint density at radius 1 is 0.960 bits per heavy atom. The fourth-order valence-electron chi connectivity index (χ4n) is 5.34. The molecule has 2 fully saturated rings. The molecule has 16 nitrogen and oxygen atoms in total. The number of amides is 5.